The quantitative estimate of drug-likeness (QED) is 0.392. The number of H-pyrrole nitrogens is 1. The summed E-state index contributed by atoms with van der Waals surface area (Å²) >= 11 is 0. The first-order valence-electron chi connectivity index (χ1n) is 10.4. The fourth-order valence-electron chi connectivity index (χ4n) is 3.67. The molecule has 4 rings (SSSR count). The maximum atomic E-state index is 13.6. The standard InChI is InChI=1S/C25H24N4O3S/c1-25(20-12-14-21(15-13-20)33(26,31)32,24(30)27-17-18-8-4-2-5-9-18)23-16-22(28-29-23)19-10-6-3-7-11-19/h2-16H,17H2,1H3,(H,27,30)(H,28,29)(H2,26,31,32). The smallest absolute Gasteiger partial charge is 0.238 e. The third-order valence-corrected chi connectivity index (χ3v) is 6.61. The number of carbonyl (C=O) groups excluding carboxylic acids is 1. The van der Waals surface area contributed by atoms with Gasteiger partial charge in [-0.3, -0.25) is 9.89 Å². The first-order valence-corrected chi connectivity index (χ1v) is 11.9. The molecule has 0 saturated carbocycles. The second-order valence-electron chi connectivity index (χ2n) is 7.90. The fraction of sp³-hybridized carbons (Fsp3) is 0.120. The van der Waals surface area contributed by atoms with Gasteiger partial charge in [-0.1, -0.05) is 72.8 Å². The van der Waals surface area contributed by atoms with E-state index in [2.05, 4.69) is 15.5 Å². The number of nitrogens with zero attached hydrogens (tertiary/aromatic N) is 1. The van der Waals surface area contributed by atoms with Gasteiger partial charge in [-0.05, 0) is 41.8 Å². The number of amides is 1. The van der Waals surface area contributed by atoms with Crippen LogP contribution in [0.5, 0.6) is 0 Å². The monoisotopic (exact) mass is 460 g/mol. The Balaban J connectivity index is 1.73. The first-order chi connectivity index (χ1) is 15.8. The summed E-state index contributed by atoms with van der Waals surface area (Å²) in [6.07, 6.45) is 0. The average Bonchev–Trinajstić information content (AvgIpc) is 3.34. The summed E-state index contributed by atoms with van der Waals surface area (Å²) in [5.41, 5.74) is 2.59. The van der Waals surface area contributed by atoms with E-state index >= 15 is 0 Å². The van der Waals surface area contributed by atoms with Crippen molar-refractivity contribution in [1.29, 1.82) is 0 Å². The topological polar surface area (TPSA) is 118 Å². The molecule has 0 aliphatic carbocycles. The molecule has 1 amide bonds. The number of carbonyl (C=O) groups is 1. The molecular weight excluding hydrogens is 436 g/mol. The van der Waals surface area contributed by atoms with Crippen molar-refractivity contribution >= 4 is 15.9 Å². The molecule has 8 heteroatoms. The summed E-state index contributed by atoms with van der Waals surface area (Å²) in [6.45, 7) is 2.12. The van der Waals surface area contributed by atoms with E-state index in [4.69, 9.17) is 5.14 Å². The van der Waals surface area contributed by atoms with Gasteiger partial charge in [0.25, 0.3) is 0 Å². The number of sulfonamides is 1. The Morgan fingerprint density at radius 3 is 2.18 bits per heavy atom. The lowest BCUT2D eigenvalue weighted by molar-refractivity contribution is -0.125. The van der Waals surface area contributed by atoms with Crippen LogP contribution in [0.15, 0.2) is 95.9 Å². The first kappa shape index (κ1) is 22.4. The Kier molecular flexibility index (Phi) is 6.13. The SMILES string of the molecule is CC(C(=O)NCc1ccccc1)(c1ccc(S(N)(=O)=O)cc1)c1cc(-c2ccccc2)[nH]n1. The van der Waals surface area contributed by atoms with Crippen LogP contribution >= 0.6 is 0 Å². The Labute approximate surface area is 192 Å². The van der Waals surface area contributed by atoms with Gasteiger partial charge in [-0.25, -0.2) is 13.6 Å². The molecule has 3 aromatic carbocycles. The molecule has 0 aliphatic rings. The van der Waals surface area contributed by atoms with Gasteiger partial charge < -0.3 is 5.32 Å². The van der Waals surface area contributed by atoms with Gasteiger partial charge in [0.15, 0.2) is 0 Å². The minimum Gasteiger partial charge on any atom is -0.351 e. The molecule has 168 valence electrons. The van der Waals surface area contributed by atoms with E-state index in [1.54, 1.807) is 19.1 Å². The van der Waals surface area contributed by atoms with Gasteiger partial charge in [0.1, 0.15) is 5.41 Å². The number of benzene rings is 3. The van der Waals surface area contributed by atoms with Crippen LogP contribution in [0.1, 0.15) is 23.7 Å². The fourth-order valence-corrected chi connectivity index (χ4v) is 4.19. The van der Waals surface area contributed by atoms with Crippen molar-refractivity contribution in [2.24, 2.45) is 5.14 Å². The number of hydrogen-bond acceptors (Lipinski definition) is 4. The maximum Gasteiger partial charge on any atom is 0.238 e. The molecular formula is C25H24N4O3S. The van der Waals surface area contributed by atoms with Crippen LogP contribution < -0.4 is 10.5 Å². The second kappa shape index (κ2) is 9.01. The van der Waals surface area contributed by atoms with Crippen LogP contribution in [-0.4, -0.2) is 24.5 Å². The molecule has 7 nitrogen and oxygen atoms in total. The third-order valence-electron chi connectivity index (χ3n) is 5.69. The van der Waals surface area contributed by atoms with Crippen molar-refractivity contribution in [3.05, 3.63) is 108 Å². The summed E-state index contributed by atoms with van der Waals surface area (Å²) in [6, 6.07) is 27.1. The molecule has 33 heavy (non-hydrogen) atoms. The molecule has 0 bridgehead atoms. The van der Waals surface area contributed by atoms with E-state index < -0.39 is 15.4 Å². The van der Waals surface area contributed by atoms with Crippen molar-refractivity contribution in [3.63, 3.8) is 0 Å². The zero-order chi connectivity index (χ0) is 23.5. The molecule has 4 aromatic rings. The van der Waals surface area contributed by atoms with Gasteiger partial charge in [-0.2, -0.15) is 5.10 Å². The molecule has 1 aromatic heterocycles. The van der Waals surface area contributed by atoms with Crippen LogP contribution in [0.2, 0.25) is 0 Å². The van der Waals surface area contributed by atoms with Crippen LogP contribution in [0, 0.1) is 0 Å². The van der Waals surface area contributed by atoms with Crippen molar-refractivity contribution in [2.75, 3.05) is 0 Å². The molecule has 0 spiro atoms. The van der Waals surface area contributed by atoms with Crippen molar-refractivity contribution in [2.45, 2.75) is 23.8 Å². The summed E-state index contributed by atoms with van der Waals surface area (Å²) < 4.78 is 23.4. The molecule has 1 unspecified atom stereocenters. The number of nitrogens with two attached hydrogens (primary N) is 1. The van der Waals surface area contributed by atoms with Crippen molar-refractivity contribution in [3.8, 4) is 11.3 Å². The number of hydrogen-bond donors (Lipinski definition) is 3. The molecule has 0 aliphatic heterocycles. The van der Waals surface area contributed by atoms with Gasteiger partial charge in [0.05, 0.1) is 16.3 Å². The molecule has 1 atom stereocenters. The highest BCUT2D eigenvalue weighted by Gasteiger charge is 2.39. The largest absolute Gasteiger partial charge is 0.351 e. The van der Waals surface area contributed by atoms with Gasteiger partial charge in [0, 0.05) is 6.54 Å². The highest BCUT2D eigenvalue weighted by atomic mass is 32.2. The lowest BCUT2D eigenvalue weighted by atomic mass is 9.78. The zero-order valence-corrected chi connectivity index (χ0v) is 18.8. The zero-order valence-electron chi connectivity index (χ0n) is 18.0. The Bertz CT molecular complexity index is 1350. The van der Waals surface area contributed by atoms with E-state index in [0.717, 1.165) is 16.8 Å². The Morgan fingerprint density at radius 1 is 0.970 bits per heavy atom. The summed E-state index contributed by atoms with van der Waals surface area (Å²) in [5.74, 6) is -0.263. The van der Waals surface area contributed by atoms with E-state index in [1.807, 2.05) is 66.7 Å². The number of aromatic nitrogens is 2. The van der Waals surface area contributed by atoms with Gasteiger partial charge in [0.2, 0.25) is 15.9 Å². The number of aromatic amines is 1. The second-order valence-corrected chi connectivity index (χ2v) is 9.46. The van der Waals surface area contributed by atoms with Crippen LogP contribution in [0.3, 0.4) is 0 Å². The van der Waals surface area contributed by atoms with Gasteiger partial charge in [-0.15, -0.1) is 0 Å². The predicted molar refractivity (Wildman–Crippen MR) is 127 cm³/mol. The minimum absolute atomic E-state index is 0.0229. The lowest BCUT2D eigenvalue weighted by Gasteiger charge is -2.27. The normalized spacial score (nSPS) is 13.3. The molecule has 4 N–H and O–H groups in total. The van der Waals surface area contributed by atoms with Crippen LogP contribution in [0.4, 0.5) is 0 Å². The van der Waals surface area contributed by atoms with E-state index in [9.17, 15) is 13.2 Å². The van der Waals surface area contributed by atoms with E-state index in [1.165, 1.54) is 12.1 Å². The summed E-state index contributed by atoms with van der Waals surface area (Å²) in [4.78, 5) is 13.5. The summed E-state index contributed by atoms with van der Waals surface area (Å²) in [5, 5.41) is 15.7. The lowest BCUT2D eigenvalue weighted by Crippen LogP contribution is -2.43. The van der Waals surface area contributed by atoms with E-state index in [0.29, 0.717) is 17.8 Å². The van der Waals surface area contributed by atoms with E-state index in [-0.39, 0.29) is 10.8 Å². The highest BCUT2D eigenvalue weighted by molar-refractivity contribution is 7.89. The molecule has 0 radical (unpaired) electrons. The molecule has 0 fully saturated rings. The van der Waals surface area contributed by atoms with Gasteiger partial charge >= 0.3 is 0 Å². The average molecular weight is 461 g/mol. The van der Waals surface area contributed by atoms with Crippen molar-refractivity contribution < 1.29 is 13.2 Å². The number of nitrogens with one attached hydrogen (secondary N) is 2. The van der Waals surface area contributed by atoms with Crippen molar-refractivity contribution in [1.82, 2.24) is 15.5 Å². The van der Waals surface area contributed by atoms with Crippen LogP contribution in [-0.2, 0) is 26.8 Å². The maximum absolute atomic E-state index is 13.6. The highest BCUT2D eigenvalue weighted by Crippen LogP contribution is 2.34. The Hall–Kier alpha value is -3.75. The summed E-state index contributed by atoms with van der Waals surface area (Å²) in [7, 11) is -3.85. The minimum atomic E-state index is -3.85. The molecule has 1 heterocycles. The number of primary sulfonamides is 1. The predicted octanol–water partition coefficient (Wildman–Crippen LogP) is 3.35. The third kappa shape index (κ3) is 4.72. The number of rotatable bonds is 7. The molecule has 0 saturated heterocycles. The Morgan fingerprint density at radius 2 is 1.58 bits per heavy atom. The van der Waals surface area contributed by atoms with Crippen LogP contribution in [0.25, 0.3) is 11.3 Å².